The van der Waals surface area contributed by atoms with Gasteiger partial charge in [-0.2, -0.15) is 4.31 Å². The molecule has 2 aliphatic rings. The van der Waals surface area contributed by atoms with Crippen LogP contribution in [0.15, 0.2) is 65.6 Å². The second kappa shape index (κ2) is 14.4. The van der Waals surface area contributed by atoms with Gasteiger partial charge in [0.15, 0.2) is 5.13 Å². The number of methoxy groups -OCH3 is 2. The van der Waals surface area contributed by atoms with E-state index in [0.29, 0.717) is 67.0 Å². The van der Waals surface area contributed by atoms with Gasteiger partial charge in [-0.25, -0.2) is 13.4 Å². The van der Waals surface area contributed by atoms with Gasteiger partial charge in [0, 0.05) is 44.8 Å². The van der Waals surface area contributed by atoms with Gasteiger partial charge in [0.1, 0.15) is 21.7 Å². The molecule has 0 saturated carbocycles. The summed E-state index contributed by atoms with van der Waals surface area (Å²) in [7, 11) is -0.536. The number of thiazole rings is 1. The number of nitrogens with zero attached hydrogens (tertiary/aromatic N) is 4. The number of ether oxygens (including phenoxy) is 3. The number of aromatic nitrogens is 1. The summed E-state index contributed by atoms with van der Waals surface area (Å²) in [5, 5.41) is 0.526. The van der Waals surface area contributed by atoms with Crippen molar-refractivity contribution in [2.45, 2.75) is 24.3 Å². The van der Waals surface area contributed by atoms with Crippen molar-refractivity contribution in [1.82, 2.24) is 14.2 Å². The number of anilines is 1. The van der Waals surface area contributed by atoms with Crippen LogP contribution in [0.1, 0.15) is 27.9 Å². The highest BCUT2D eigenvalue weighted by molar-refractivity contribution is 7.89. The number of halogens is 1. The topological polar surface area (TPSA) is 102 Å². The summed E-state index contributed by atoms with van der Waals surface area (Å²) in [5.74, 6) is 0.999. The van der Waals surface area contributed by atoms with E-state index in [4.69, 9.17) is 19.2 Å². The standard InChI is InChI=1S/C32H36N4O6S2.ClH/c1-40-27-12-13-28(41-2)30-29(27)33-32(43-30)36(16-5-15-34-18-20-42-21-19-34)31(37)24-8-10-26(11-9-24)44(38,39)35-17-14-23-6-3-4-7-25(23)22-35;/h3-4,6-13H,5,14-22H2,1-2H3;1H. The highest BCUT2D eigenvalue weighted by Crippen LogP contribution is 2.40. The van der Waals surface area contributed by atoms with Gasteiger partial charge >= 0.3 is 0 Å². The van der Waals surface area contributed by atoms with Crippen molar-refractivity contribution >= 4 is 55.0 Å². The Hall–Kier alpha value is -3.26. The number of rotatable bonds is 10. The molecule has 1 amide bonds. The minimum atomic E-state index is -3.72. The van der Waals surface area contributed by atoms with E-state index in [0.717, 1.165) is 36.3 Å². The molecule has 1 aromatic heterocycles. The van der Waals surface area contributed by atoms with Gasteiger partial charge in [-0.05, 0) is 60.4 Å². The van der Waals surface area contributed by atoms with Crippen LogP contribution in [0.25, 0.3) is 10.2 Å². The monoisotopic (exact) mass is 672 g/mol. The smallest absolute Gasteiger partial charge is 0.260 e. The average molecular weight is 673 g/mol. The Kier molecular flexibility index (Phi) is 10.6. The predicted octanol–water partition coefficient (Wildman–Crippen LogP) is 4.85. The quantitative estimate of drug-likeness (QED) is 0.236. The Labute approximate surface area is 274 Å². The molecule has 240 valence electrons. The average Bonchev–Trinajstić information content (AvgIpc) is 3.51. The maximum atomic E-state index is 14.0. The first-order chi connectivity index (χ1) is 21.4. The maximum absolute atomic E-state index is 14.0. The molecule has 10 nitrogen and oxygen atoms in total. The molecule has 0 radical (unpaired) electrons. The SMILES string of the molecule is COc1ccc(OC)c2sc(N(CCCN3CCOCC3)C(=O)c3ccc(S(=O)(=O)N4CCc5ccccc5C4)cc3)nc12.Cl. The summed E-state index contributed by atoms with van der Waals surface area (Å²) >= 11 is 1.37. The van der Waals surface area contributed by atoms with Crippen LogP contribution in [0, 0.1) is 0 Å². The van der Waals surface area contributed by atoms with Crippen molar-refractivity contribution < 1.29 is 27.4 Å². The second-order valence-corrected chi connectivity index (χ2v) is 13.7. The van der Waals surface area contributed by atoms with Crippen molar-refractivity contribution in [2.75, 3.05) is 65.1 Å². The first kappa shape index (κ1) is 33.1. The molecule has 13 heteroatoms. The van der Waals surface area contributed by atoms with Crippen LogP contribution in [0.5, 0.6) is 11.5 Å². The molecule has 0 bridgehead atoms. The molecule has 6 rings (SSSR count). The van der Waals surface area contributed by atoms with Gasteiger partial charge in [0.25, 0.3) is 5.91 Å². The van der Waals surface area contributed by atoms with Crippen LogP contribution in [0.2, 0.25) is 0 Å². The lowest BCUT2D eigenvalue weighted by atomic mass is 10.0. The Morgan fingerprint density at radius 3 is 2.36 bits per heavy atom. The van der Waals surface area contributed by atoms with Gasteiger partial charge in [-0.15, -0.1) is 12.4 Å². The number of hydrogen-bond donors (Lipinski definition) is 0. The third-order valence-electron chi connectivity index (χ3n) is 8.17. The number of fused-ring (bicyclic) bond motifs is 2. The minimum absolute atomic E-state index is 0. The van der Waals surface area contributed by atoms with Crippen LogP contribution in [0.4, 0.5) is 5.13 Å². The molecule has 0 atom stereocenters. The summed E-state index contributed by atoms with van der Waals surface area (Å²) in [6, 6.07) is 17.8. The lowest BCUT2D eigenvalue weighted by Gasteiger charge is -2.28. The van der Waals surface area contributed by atoms with E-state index in [9.17, 15) is 13.2 Å². The molecule has 3 heterocycles. The van der Waals surface area contributed by atoms with Crippen LogP contribution in [0.3, 0.4) is 0 Å². The zero-order chi connectivity index (χ0) is 30.7. The molecule has 2 aliphatic heterocycles. The highest BCUT2D eigenvalue weighted by Gasteiger charge is 2.29. The van der Waals surface area contributed by atoms with Gasteiger partial charge in [0.05, 0.1) is 32.3 Å². The maximum Gasteiger partial charge on any atom is 0.260 e. The lowest BCUT2D eigenvalue weighted by molar-refractivity contribution is 0.0376. The van der Waals surface area contributed by atoms with Gasteiger partial charge in [-0.1, -0.05) is 35.6 Å². The number of morpholine rings is 1. The van der Waals surface area contributed by atoms with E-state index in [-0.39, 0.29) is 23.2 Å². The fourth-order valence-corrected chi connectivity index (χ4v) is 8.22. The number of sulfonamides is 1. The largest absolute Gasteiger partial charge is 0.495 e. The molecular weight excluding hydrogens is 636 g/mol. The van der Waals surface area contributed by atoms with E-state index >= 15 is 0 Å². The normalized spacial score (nSPS) is 15.7. The van der Waals surface area contributed by atoms with Crippen molar-refractivity contribution in [2.24, 2.45) is 0 Å². The third kappa shape index (κ3) is 6.96. The van der Waals surface area contributed by atoms with Gasteiger partial charge in [-0.3, -0.25) is 14.6 Å². The summed E-state index contributed by atoms with van der Waals surface area (Å²) in [6.45, 7) is 5.15. The van der Waals surface area contributed by atoms with Gasteiger partial charge < -0.3 is 14.2 Å². The fraction of sp³-hybridized carbons (Fsp3) is 0.375. The van der Waals surface area contributed by atoms with Crippen LogP contribution >= 0.6 is 23.7 Å². The summed E-state index contributed by atoms with van der Waals surface area (Å²) in [6.07, 6.45) is 1.40. The Morgan fingerprint density at radius 2 is 1.64 bits per heavy atom. The minimum Gasteiger partial charge on any atom is -0.495 e. The molecule has 1 fully saturated rings. The molecule has 1 saturated heterocycles. The molecule has 0 spiro atoms. The van der Waals surface area contributed by atoms with Crippen molar-refractivity contribution in [3.8, 4) is 11.5 Å². The molecule has 0 unspecified atom stereocenters. The van der Waals surface area contributed by atoms with Crippen LogP contribution < -0.4 is 14.4 Å². The lowest BCUT2D eigenvalue weighted by Crippen LogP contribution is -2.39. The Bertz CT molecular complexity index is 1700. The zero-order valence-electron chi connectivity index (χ0n) is 25.3. The molecule has 45 heavy (non-hydrogen) atoms. The summed E-state index contributed by atoms with van der Waals surface area (Å²) in [5.41, 5.74) is 3.21. The first-order valence-corrected chi connectivity index (χ1v) is 16.9. The van der Waals surface area contributed by atoms with E-state index < -0.39 is 10.0 Å². The number of carbonyl (C=O) groups is 1. The Morgan fingerprint density at radius 1 is 0.956 bits per heavy atom. The third-order valence-corrected chi connectivity index (χ3v) is 11.1. The molecular formula is C32H37ClN4O6S2. The number of hydrogen-bond acceptors (Lipinski definition) is 9. The van der Waals surface area contributed by atoms with Crippen molar-refractivity contribution in [3.05, 3.63) is 77.4 Å². The van der Waals surface area contributed by atoms with Crippen molar-refractivity contribution in [3.63, 3.8) is 0 Å². The van der Waals surface area contributed by atoms with Crippen molar-refractivity contribution in [1.29, 1.82) is 0 Å². The van der Waals surface area contributed by atoms with E-state index in [1.165, 1.54) is 33.3 Å². The fourth-order valence-electron chi connectivity index (χ4n) is 5.70. The van der Waals surface area contributed by atoms with E-state index in [2.05, 4.69) is 4.90 Å². The number of carbonyl (C=O) groups excluding carboxylic acids is 1. The second-order valence-electron chi connectivity index (χ2n) is 10.8. The first-order valence-electron chi connectivity index (χ1n) is 14.7. The highest BCUT2D eigenvalue weighted by atomic mass is 35.5. The predicted molar refractivity (Wildman–Crippen MR) is 178 cm³/mol. The van der Waals surface area contributed by atoms with E-state index in [1.807, 2.05) is 30.3 Å². The molecule has 0 N–H and O–H groups in total. The Balaban J connectivity index is 0.00000400. The zero-order valence-corrected chi connectivity index (χ0v) is 27.8. The van der Waals surface area contributed by atoms with Crippen LogP contribution in [-0.2, 0) is 27.7 Å². The van der Waals surface area contributed by atoms with Gasteiger partial charge in [0.2, 0.25) is 10.0 Å². The summed E-state index contributed by atoms with van der Waals surface area (Å²) < 4.78 is 45.9. The van der Waals surface area contributed by atoms with Crippen LogP contribution in [-0.4, -0.2) is 88.7 Å². The van der Waals surface area contributed by atoms with E-state index in [1.54, 1.807) is 37.3 Å². The molecule has 0 aliphatic carbocycles. The number of benzene rings is 3. The summed E-state index contributed by atoms with van der Waals surface area (Å²) in [4.78, 5) is 23.0. The molecule has 3 aromatic carbocycles. The number of amides is 1. The molecule has 4 aromatic rings.